The number of benzene rings is 2. The summed E-state index contributed by atoms with van der Waals surface area (Å²) in [6.07, 6.45) is 0. The minimum absolute atomic E-state index is 0.159. The molecule has 0 saturated heterocycles. The van der Waals surface area contributed by atoms with Crippen molar-refractivity contribution >= 4 is 23.3 Å². The summed E-state index contributed by atoms with van der Waals surface area (Å²) in [5.74, 6) is -1.21. The number of esters is 1. The lowest BCUT2D eigenvalue weighted by molar-refractivity contribution is 0.0472. The summed E-state index contributed by atoms with van der Waals surface area (Å²) in [7, 11) is 0. The van der Waals surface area contributed by atoms with Gasteiger partial charge >= 0.3 is 5.97 Å². The van der Waals surface area contributed by atoms with Gasteiger partial charge in [0.2, 0.25) is 0 Å². The Hall–Kier alpha value is -2.58. The van der Waals surface area contributed by atoms with Gasteiger partial charge in [-0.1, -0.05) is 11.6 Å². The molecule has 0 amide bonds. The molecule has 0 unspecified atom stereocenters. The molecule has 0 atom stereocenters. The number of carbonyl (C=O) groups excluding carboxylic acids is 1. The molecule has 0 aliphatic heterocycles. The summed E-state index contributed by atoms with van der Waals surface area (Å²) in [6.45, 7) is -0.161. The van der Waals surface area contributed by atoms with Gasteiger partial charge in [0.05, 0.1) is 22.2 Å². The van der Waals surface area contributed by atoms with E-state index in [0.29, 0.717) is 11.3 Å². The third-order valence-electron chi connectivity index (χ3n) is 2.67. The van der Waals surface area contributed by atoms with Gasteiger partial charge in [-0.25, -0.2) is 9.18 Å². The van der Waals surface area contributed by atoms with Crippen molar-refractivity contribution in [2.24, 2.45) is 0 Å². The zero-order valence-corrected chi connectivity index (χ0v) is 11.5. The fourth-order valence-electron chi connectivity index (χ4n) is 1.72. The Morgan fingerprint density at radius 2 is 2.10 bits per heavy atom. The van der Waals surface area contributed by atoms with E-state index >= 15 is 0 Å². The van der Waals surface area contributed by atoms with Gasteiger partial charge < -0.3 is 10.5 Å². The van der Waals surface area contributed by atoms with Gasteiger partial charge in [0.15, 0.2) is 0 Å². The van der Waals surface area contributed by atoms with Gasteiger partial charge in [0, 0.05) is 5.69 Å². The van der Waals surface area contributed by atoms with Crippen molar-refractivity contribution in [3.05, 3.63) is 63.9 Å². The first-order valence-electron chi connectivity index (χ1n) is 5.91. The number of nitrogens with zero attached hydrogens (tertiary/aromatic N) is 1. The number of halogens is 2. The number of nitriles is 1. The number of nitrogen functional groups attached to an aromatic ring is 1. The lowest BCUT2D eigenvalue weighted by Gasteiger charge is -2.07. The molecule has 0 bridgehead atoms. The maximum atomic E-state index is 13.2. The Bertz CT molecular complexity index is 741. The van der Waals surface area contributed by atoms with Crippen LogP contribution < -0.4 is 5.73 Å². The molecule has 106 valence electrons. The molecule has 0 saturated carbocycles. The van der Waals surface area contributed by atoms with Crippen LogP contribution in [0.25, 0.3) is 0 Å². The topological polar surface area (TPSA) is 76.1 Å². The molecule has 2 N–H and O–H groups in total. The van der Waals surface area contributed by atoms with Gasteiger partial charge in [-0.15, -0.1) is 0 Å². The largest absolute Gasteiger partial charge is 0.457 e. The molecule has 21 heavy (non-hydrogen) atoms. The van der Waals surface area contributed by atoms with Crippen LogP contribution in [-0.2, 0) is 11.3 Å². The molecule has 0 aliphatic carbocycles. The third-order valence-corrected chi connectivity index (χ3v) is 2.98. The van der Waals surface area contributed by atoms with E-state index in [1.54, 1.807) is 0 Å². The monoisotopic (exact) mass is 304 g/mol. The summed E-state index contributed by atoms with van der Waals surface area (Å²) in [6, 6.07) is 9.98. The van der Waals surface area contributed by atoms with Crippen LogP contribution in [0.2, 0.25) is 5.02 Å². The van der Waals surface area contributed by atoms with Crippen molar-refractivity contribution in [3.63, 3.8) is 0 Å². The van der Waals surface area contributed by atoms with Gasteiger partial charge in [-0.05, 0) is 42.0 Å². The second-order valence-corrected chi connectivity index (χ2v) is 4.68. The maximum Gasteiger partial charge on any atom is 0.339 e. The summed E-state index contributed by atoms with van der Waals surface area (Å²) in [4.78, 5) is 11.9. The van der Waals surface area contributed by atoms with Crippen LogP contribution in [-0.4, -0.2) is 5.97 Å². The molecule has 2 rings (SSSR count). The van der Waals surface area contributed by atoms with E-state index in [0.717, 1.165) is 6.07 Å². The van der Waals surface area contributed by atoms with E-state index in [-0.39, 0.29) is 22.8 Å². The van der Waals surface area contributed by atoms with E-state index in [9.17, 15) is 9.18 Å². The molecule has 0 radical (unpaired) electrons. The van der Waals surface area contributed by atoms with Gasteiger partial charge in [0.25, 0.3) is 0 Å². The minimum Gasteiger partial charge on any atom is -0.457 e. The number of anilines is 1. The zero-order chi connectivity index (χ0) is 15.4. The predicted octanol–water partition coefficient (Wildman–Crippen LogP) is 3.29. The van der Waals surface area contributed by atoms with E-state index in [1.165, 1.54) is 30.3 Å². The average molecular weight is 305 g/mol. The molecule has 4 nitrogen and oxygen atoms in total. The number of hydrogen-bond acceptors (Lipinski definition) is 4. The average Bonchev–Trinajstić information content (AvgIpc) is 2.44. The van der Waals surface area contributed by atoms with Crippen molar-refractivity contribution in [1.82, 2.24) is 0 Å². The highest BCUT2D eigenvalue weighted by atomic mass is 35.5. The summed E-state index contributed by atoms with van der Waals surface area (Å²) < 4.78 is 18.3. The molecule has 0 heterocycles. The first-order chi connectivity index (χ1) is 9.99. The second kappa shape index (κ2) is 6.25. The Morgan fingerprint density at radius 1 is 1.33 bits per heavy atom. The minimum atomic E-state index is -0.650. The lowest BCUT2D eigenvalue weighted by atomic mass is 10.1. The van der Waals surface area contributed by atoms with Gasteiger partial charge in [-0.3, -0.25) is 0 Å². The van der Waals surface area contributed by atoms with Crippen LogP contribution in [0, 0.1) is 17.1 Å². The van der Waals surface area contributed by atoms with E-state index in [4.69, 9.17) is 27.3 Å². The normalized spacial score (nSPS) is 9.95. The second-order valence-electron chi connectivity index (χ2n) is 4.28. The maximum absolute atomic E-state index is 13.2. The molecular weight excluding hydrogens is 295 g/mol. The van der Waals surface area contributed by atoms with E-state index in [2.05, 4.69) is 0 Å². The molecule has 0 aliphatic rings. The van der Waals surface area contributed by atoms with E-state index < -0.39 is 11.8 Å². The highest BCUT2D eigenvalue weighted by Crippen LogP contribution is 2.20. The van der Waals surface area contributed by atoms with Crippen molar-refractivity contribution in [2.45, 2.75) is 6.61 Å². The molecule has 2 aromatic rings. The predicted molar refractivity (Wildman–Crippen MR) is 76.1 cm³/mol. The molecule has 0 spiro atoms. The standard InChI is InChI=1S/C15H10ClFN2O2/c16-14-6-12(19)1-2-13(14)15(20)21-8-10-3-9(7-18)4-11(17)5-10/h1-6H,8,19H2. The van der Waals surface area contributed by atoms with Gasteiger partial charge in [-0.2, -0.15) is 5.26 Å². The number of nitrogens with two attached hydrogens (primary N) is 1. The van der Waals surface area contributed by atoms with Crippen LogP contribution in [0.5, 0.6) is 0 Å². The molecule has 2 aromatic carbocycles. The lowest BCUT2D eigenvalue weighted by Crippen LogP contribution is -2.06. The summed E-state index contributed by atoms with van der Waals surface area (Å²) in [5.41, 5.74) is 6.67. The first-order valence-corrected chi connectivity index (χ1v) is 6.29. The first kappa shape index (κ1) is 14.8. The van der Waals surface area contributed by atoms with Crippen molar-refractivity contribution in [1.29, 1.82) is 5.26 Å². The number of hydrogen-bond donors (Lipinski definition) is 1. The Labute approximate surface area is 125 Å². The number of rotatable bonds is 3. The van der Waals surface area contributed by atoms with Crippen LogP contribution >= 0.6 is 11.6 Å². The van der Waals surface area contributed by atoms with Crippen LogP contribution in [0.1, 0.15) is 21.5 Å². The quantitative estimate of drug-likeness (QED) is 0.697. The number of carbonyl (C=O) groups is 1. The van der Waals surface area contributed by atoms with E-state index in [1.807, 2.05) is 6.07 Å². The molecule has 6 heteroatoms. The van der Waals surface area contributed by atoms with Crippen molar-refractivity contribution < 1.29 is 13.9 Å². The zero-order valence-electron chi connectivity index (χ0n) is 10.8. The third kappa shape index (κ3) is 3.71. The summed E-state index contributed by atoms with van der Waals surface area (Å²) in [5, 5.41) is 8.93. The molecular formula is C15H10ClFN2O2. The molecule has 0 fully saturated rings. The van der Waals surface area contributed by atoms with Crippen molar-refractivity contribution in [3.8, 4) is 6.07 Å². The van der Waals surface area contributed by atoms with Crippen LogP contribution in [0.15, 0.2) is 36.4 Å². The SMILES string of the molecule is N#Cc1cc(F)cc(COC(=O)c2ccc(N)cc2Cl)c1. The van der Waals surface area contributed by atoms with Crippen LogP contribution in [0.3, 0.4) is 0 Å². The number of ether oxygens (including phenoxy) is 1. The van der Waals surface area contributed by atoms with Crippen molar-refractivity contribution in [2.75, 3.05) is 5.73 Å². The molecule has 0 aromatic heterocycles. The smallest absolute Gasteiger partial charge is 0.339 e. The Kier molecular flexibility index (Phi) is 4.41. The highest BCUT2D eigenvalue weighted by molar-refractivity contribution is 6.33. The highest BCUT2D eigenvalue weighted by Gasteiger charge is 2.12. The fourth-order valence-corrected chi connectivity index (χ4v) is 1.99. The van der Waals surface area contributed by atoms with Gasteiger partial charge in [0.1, 0.15) is 12.4 Å². The Balaban J connectivity index is 2.11. The Morgan fingerprint density at radius 3 is 2.76 bits per heavy atom. The fraction of sp³-hybridized carbons (Fsp3) is 0.0667. The summed E-state index contributed by atoms with van der Waals surface area (Å²) >= 11 is 5.90. The van der Waals surface area contributed by atoms with Crippen LogP contribution in [0.4, 0.5) is 10.1 Å².